The van der Waals surface area contributed by atoms with Gasteiger partial charge in [0.2, 0.25) is 0 Å². The molecule has 0 spiro atoms. The normalized spacial score (nSPS) is 14.5. The molecular formula is C44H37N3. The molecular weight excluding hydrogens is 571 g/mol. The average Bonchev–Trinajstić information content (AvgIpc) is 3.14. The molecule has 6 aromatic rings. The number of amidine groups is 1. The van der Waals surface area contributed by atoms with Crippen LogP contribution in [0, 0.1) is 0 Å². The van der Waals surface area contributed by atoms with Crippen LogP contribution in [-0.4, -0.2) is 22.8 Å². The fraction of sp³-hybridized carbons (Fsp3) is 0.0909. The quantitative estimate of drug-likeness (QED) is 0.127. The van der Waals surface area contributed by atoms with E-state index in [1.807, 2.05) is 30.6 Å². The van der Waals surface area contributed by atoms with E-state index in [1.165, 1.54) is 33.0 Å². The molecule has 7 rings (SSSR count). The first kappa shape index (κ1) is 29.9. The van der Waals surface area contributed by atoms with Crippen molar-refractivity contribution in [1.82, 2.24) is 9.88 Å². The van der Waals surface area contributed by atoms with E-state index in [2.05, 4.69) is 157 Å². The minimum atomic E-state index is 0.226. The fourth-order valence-corrected chi connectivity index (χ4v) is 6.45. The zero-order valence-electron chi connectivity index (χ0n) is 26.6. The number of rotatable bonds is 8. The zero-order chi connectivity index (χ0) is 32.0. The van der Waals surface area contributed by atoms with Crippen LogP contribution >= 0.6 is 0 Å². The second kappa shape index (κ2) is 13.7. The predicted molar refractivity (Wildman–Crippen MR) is 197 cm³/mol. The highest BCUT2D eigenvalue weighted by Crippen LogP contribution is 2.40. The number of aliphatic imine (C=N–C) groups is 1. The lowest BCUT2D eigenvalue weighted by Crippen LogP contribution is -2.27. The van der Waals surface area contributed by atoms with Crippen LogP contribution in [0.4, 0.5) is 0 Å². The lowest BCUT2D eigenvalue weighted by Gasteiger charge is -2.24. The largest absolute Gasteiger partial charge is 0.355 e. The third-order valence-corrected chi connectivity index (χ3v) is 8.86. The number of hydrogen-bond donors (Lipinski definition) is 0. The van der Waals surface area contributed by atoms with Crippen molar-refractivity contribution in [3.8, 4) is 22.3 Å². The van der Waals surface area contributed by atoms with Crippen LogP contribution < -0.4 is 0 Å². The summed E-state index contributed by atoms with van der Waals surface area (Å²) in [6.45, 7) is 5.20. The monoisotopic (exact) mass is 607 g/mol. The summed E-state index contributed by atoms with van der Waals surface area (Å²) in [6.07, 6.45) is 11.4. The van der Waals surface area contributed by atoms with Crippen molar-refractivity contribution >= 4 is 16.6 Å². The molecule has 3 nitrogen and oxygen atoms in total. The number of benzene rings is 5. The van der Waals surface area contributed by atoms with Gasteiger partial charge in [-0.25, -0.2) is 4.99 Å². The summed E-state index contributed by atoms with van der Waals surface area (Å²) in [4.78, 5) is 11.6. The molecule has 0 aliphatic heterocycles. The molecule has 1 atom stereocenters. The summed E-state index contributed by atoms with van der Waals surface area (Å²) in [7, 11) is 2.10. The lowest BCUT2D eigenvalue weighted by atomic mass is 9.82. The minimum Gasteiger partial charge on any atom is -0.355 e. The first-order valence-electron chi connectivity index (χ1n) is 16.1. The summed E-state index contributed by atoms with van der Waals surface area (Å²) >= 11 is 0. The summed E-state index contributed by atoms with van der Waals surface area (Å²) in [5.41, 5.74) is 10.2. The summed E-state index contributed by atoms with van der Waals surface area (Å²) in [5, 5.41) is 2.54. The van der Waals surface area contributed by atoms with Crippen molar-refractivity contribution in [2.75, 3.05) is 7.05 Å². The van der Waals surface area contributed by atoms with Gasteiger partial charge in [0.15, 0.2) is 0 Å². The highest BCUT2D eigenvalue weighted by atomic mass is 15.2. The Morgan fingerprint density at radius 3 is 2.21 bits per heavy atom. The Kier molecular flexibility index (Phi) is 8.70. The number of pyridine rings is 1. The molecule has 1 unspecified atom stereocenters. The van der Waals surface area contributed by atoms with Crippen LogP contribution in [0.15, 0.2) is 187 Å². The van der Waals surface area contributed by atoms with Crippen molar-refractivity contribution in [2.24, 2.45) is 4.99 Å². The van der Waals surface area contributed by atoms with E-state index < -0.39 is 0 Å². The summed E-state index contributed by atoms with van der Waals surface area (Å²) in [5.74, 6) is 1.13. The molecule has 1 heterocycles. The molecule has 0 saturated carbocycles. The van der Waals surface area contributed by atoms with Gasteiger partial charge in [-0.2, -0.15) is 0 Å². The Morgan fingerprint density at radius 1 is 0.766 bits per heavy atom. The first-order valence-corrected chi connectivity index (χ1v) is 16.1. The highest BCUT2D eigenvalue weighted by Gasteiger charge is 2.20. The molecule has 1 aromatic heterocycles. The van der Waals surface area contributed by atoms with Crippen molar-refractivity contribution in [2.45, 2.75) is 18.9 Å². The van der Waals surface area contributed by atoms with Gasteiger partial charge >= 0.3 is 0 Å². The van der Waals surface area contributed by atoms with E-state index in [0.717, 1.165) is 46.8 Å². The Hall–Kier alpha value is -5.80. The number of fused-ring (bicyclic) bond motifs is 1. The third-order valence-electron chi connectivity index (χ3n) is 8.86. The molecule has 0 radical (unpaired) electrons. The third kappa shape index (κ3) is 6.61. The van der Waals surface area contributed by atoms with Crippen LogP contribution in [0.2, 0.25) is 0 Å². The van der Waals surface area contributed by atoms with Gasteiger partial charge in [0.1, 0.15) is 5.84 Å². The van der Waals surface area contributed by atoms with E-state index in [1.54, 1.807) is 0 Å². The average molecular weight is 608 g/mol. The maximum Gasteiger partial charge on any atom is 0.136 e. The molecule has 3 heteroatoms. The van der Waals surface area contributed by atoms with Gasteiger partial charge in [0.05, 0.1) is 5.70 Å². The Balaban J connectivity index is 1.18. The number of hydrogen-bond acceptors (Lipinski definition) is 2. The van der Waals surface area contributed by atoms with Crippen LogP contribution in [0.1, 0.15) is 29.0 Å². The van der Waals surface area contributed by atoms with Gasteiger partial charge in [-0.1, -0.05) is 152 Å². The van der Waals surface area contributed by atoms with Gasteiger partial charge in [-0.05, 0) is 62.2 Å². The maximum absolute atomic E-state index is 5.14. The summed E-state index contributed by atoms with van der Waals surface area (Å²) in [6, 6.07) is 47.1. The molecule has 0 saturated heterocycles. The van der Waals surface area contributed by atoms with E-state index in [9.17, 15) is 0 Å². The molecule has 1 aliphatic rings. The van der Waals surface area contributed by atoms with E-state index >= 15 is 0 Å². The van der Waals surface area contributed by atoms with Crippen LogP contribution in [0.25, 0.3) is 33.0 Å². The second-order valence-electron chi connectivity index (χ2n) is 12.0. The molecule has 0 amide bonds. The van der Waals surface area contributed by atoms with Gasteiger partial charge in [-0.15, -0.1) is 0 Å². The number of aromatic nitrogens is 1. The molecule has 228 valence electrons. The van der Waals surface area contributed by atoms with Crippen molar-refractivity contribution in [3.63, 3.8) is 0 Å². The van der Waals surface area contributed by atoms with E-state index in [-0.39, 0.29) is 5.92 Å². The van der Waals surface area contributed by atoms with Crippen LogP contribution in [-0.2, 0) is 6.54 Å². The van der Waals surface area contributed by atoms with Gasteiger partial charge in [0, 0.05) is 37.5 Å². The van der Waals surface area contributed by atoms with Gasteiger partial charge < -0.3 is 4.90 Å². The molecule has 5 aromatic carbocycles. The van der Waals surface area contributed by atoms with E-state index in [0.29, 0.717) is 0 Å². The topological polar surface area (TPSA) is 28.5 Å². The van der Waals surface area contributed by atoms with Gasteiger partial charge in [0.25, 0.3) is 0 Å². The second-order valence-corrected chi connectivity index (χ2v) is 12.0. The molecule has 1 aliphatic carbocycles. The molecule has 47 heavy (non-hydrogen) atoms. The Morgan fingerprint density at radius 2 is 1.49 bits per heavy atom. The number of nitrogens with zero attached hydrogens (tertiary/aromatic N) is 3. The molecule has 0 N–H and O–H groups in total. The number of allylic oxidation sites excluding steroid dienone is 3. The standard InChI is InChI=1S/C44H37N3/c1-32(46-44(39-15-7-4-8-16-39)47(2)31-33-12-5-3-6-13-33)34-19-25-38(26-20-34)43-41-18-10-9-14-36(41)27-28-42(43)37-23-21-35(22-24-37)40-17-11-29-45-30-40/h3-25,27-30,38H,1,26,31H2,2H3/b46-44-. The lowest BCUT2D eigenvalue weighted by molar-refractivity contribution is 0.501. The molecule has 0 bridgehead atoms. The fourth-order valence-electron chi connectivity index (χ4n) is 6.45. The Bertz CT molecular complexity index is 2090. The highest BCUT2D eigenvalue weighted by molar-refractivity contribution is 5.99. The predicted octanol–water partition coefficient (Wildman–Crippen LogP) is 10.6. The van der Waals surface area contributed by atoms with E-state index in [4.69, 9.17) is 4.99 Å². The SMILES string of the molecule is C=C(/N=C(/c1ccccc1)N(C)Cc1ccccc1)C1=CCC(c2c(-c3ccc(-c4cccnc4)cc3)ccc3ccccc23)C=C1. The Labute approximate surface area is 277 Å². The smallest absolute Gasteiger partial charge is 0.136 e. The van der Waals surface area contributed by atoms with Gasteiger partial charge in [-0.3, -0.25) is 4.98 Å². The first-order chi connectivity index (χ1) is 23.1. The zero-order valence-corrected chi connectivity index (χ0v) is 26.6. The van der Waals surface area contributed by atoms with Crippen molar-refractivity contribution < 1.29 is 0 Å². The van der Waals surface area contributed by atoms with Crippen molar-refractivity contribution in [3.05, 3.63) is 199 Å². The molecule has 0 fully saturated rings. The van der Waals surface area contributed by atoms with Crippen LogP contribution in [0.3, 0.4) is 0 Å². The van der Waals surface area contributed by atoms with Crippen LogP contribution in [0.5, 0.6) is 0 Å². The van der Waals surface area contributed by atoms with Crippen molar-refractivity contribution in [1.29, 1.82) is 0 Å². The maximum atomic E-state index is 5.14. The summed E-state index contributed by atoms with van der Waals surface area (Å²) < 4.78 is 0. The minimum absolute atomic E-state index is 0.226.